The molecule has 1 aliphatic heterocycles. The lowest BCUT2D eigenvalue weighted by Crippen LogP contribution is -2.19. The van der Waals surface area contributed by atoms with Crippen LogP contribution in [0.2, 0.25) is 0 Å². The van der Waals surface area contributed by atoms with Crippen molar-refractivity contribution in [3.63, 3.8) is 0 Å². The second kappa shape index (κ2) is 5.25. The second-order valence-electron chi connectivity index (χ2n) is 6.19. The number of amides is 1. The molecule has 116 valence electrons. The van der Waals surface area contributed by atoms with Gasteiger partial charge < -0.3 is 16.2 Å². The van der Waals surface area contributed by atoms with Crippen LogP contribution < -0.4 is 11.1 Å². The van der Waals surface area contributed by atoms with Gasteiger partial charge in [-0.1, -0.05) is 30.3 Å². The zero-order valence-electron chi connectivity index (χ0n) is 12.6. The van der Waals surface area contributed by atoms with Gasteiger partial charge in [0.1, 0.15) is 0 Å². The van der Waals surface area contributed by atoms with E-state index in [2.05, 4.69) is 11.4 Å². The Bertz CT molecular complexity index is 826. The molecule has 0 aromatic heterocycles. The van der Waals surface area contributed by atoms with Crippen molar-refractivity contribution in [3.05, 3.63) is 65.2 Å². The van der Waals surface area contributed by atoms with Crippen molar-refractivity contribution in [2.45, 2.75) is 18.9 Å². The molecule has 1 aliphatic carbocycles. The van der Waals surface area contributed by atoms with E-state index in [1.165, 1.54) is 5.56 Å². The Morgan fingerprint density at radius 1 is 1.22 bits per heavy atom. The summed E-state index contributed by atoms with van der Waals surface area (Å²) in [6.45, 7) is 0. The minimum Gasteiger partial charge on any atom is -0.399 e. The zero-order chi connectivity index (χ0) is 16.0. The number of carbonyl (C=O) groups excluding carboxylic acids is 1. The topological polar surface area (TPSA) is 75.3 Å². The van der Waals surface area contributed by atoms with E-state index in [-0.39, 0.29) is 11.8 Å². The van der Waals surface area contributed by atoms with Crippen LogP contribution in [-0.2, 0) is 11.2 Å². The van der Waals surface area contributed by atoms with Gasteiger partial charge in [-0.25, -0.2) is 0 Å². The normalized spacial score (nSPS) is 24.2. The van der Waals surface area contributed by atoms with Gasteiger partial charge in [-0.15, -0.1) is 0 Å². The Balaban J connectivity index is 1.72. The van der Waals surface area contributed by atoms with Crippen LogP contribution in [-0.4, -0.2) is 11.0 Å². The van der Waals surface area contributed by atoms with Crippen LogP contribution in [0.25, 0.3) is 5.57 Å². The Labute approximate surface area is 134 Å². The Kier molecular flexibility index (Phi) is 3.20. The lowest BCUT2D eigenvalue weighted by molar-refractivity contribution is -0.110. The summed E-state index contributed by atoms with van der Waals surface area (Å²) in [5.74, 6) is -0.199. The number of hydrogen-bond acceptors (Lipinski definition) is 3. The fraction of sp³-hybridized carbons (Fsp3) is 0.211. The number of rotatable bonds is 1. The van der Waals surface area contributed by atoms with Crippen LogP contribution in [0.4, 0.5) is 11.4 Å². The van der Waals surface area contributed by atoms with Gasteiger partial charge in [0.2, 0.25) is 0 Å². The van der Waals surface area contributed by atoms with E-state index in [0.717, 1.165) is 29.7 Å². The number of carbonyl (C=O) groups is 1. The maximum atomic E-state index is 12.3. The fourth-order valence-electron chi connectivity index (χ4n) is 3.52. The van der Waals surface area contributed by atoms with Gasteiger partial charge in [0, 0.05) is 28.4 Å². The molecule has 4 heteroatoms. The van der Waals surface area contributed by atoms with Gasteiger partial charge in [0.15, 0.2) is 0 Å². The summed E-state index contributed by atoms with van der Waals surface area (Å²) in [6, 6.07) is 13.3. The van der Waals surface area contributed by atoms with Crippen LogP contribution in [0.15, 0.2) is 48.5 Å². The number of hydrogen-bond donors (Lipinski definition) is 3. The number of nitrogens with one attached hydrogen (secondary N) is 1. The maximum Gasteiger partial charge on any atom is 0.256 e. The molecule has 0 saturated carbocycles. The molecule has 1 amide bonds. The van der Waals surface area contributed by atoms with Crippen LogP contribution >= 0.6 is 0 Å². The average Bonchev–Trinajstić information content (AvgIpc) is 2.86. The number of aliphatic hydroxyl groups is 1. The van der Waals surface area contributed by atoms with Gasteiger partial charge in [-0.05, 0) is 42.2 Å². The number of anilines is 2. The van der Waals surface area contributed by atoms with Crippen molar-refractivity contribution < 1.29 is 9.90 Å². The van der Waals surface area contributed by atoms with E-state index in [1.54, 1.807) is 6.07 Å². The molecule has 4 rings (SSSR count). The zero-order valence-corrected chi connectivity index (χ0v) is 12.6. The number of nitrogens with two attached hydrogens (primary N) is 1. The molecule has 4 N–H and O–H groups in total. The molecule has 1 heterocycles. The third-order valence-electron chi connectivity index (χ3n) is 4.73. The highest BCUT2D eigenvalue weighted by atomic mass is 16.3. The monoisotopic (exact) mass is 306 g/mol. The van der Waals surface area contributed by atoms with Crippen molar-refractivity contribution in [2.24, 2.45) is 5.92 Å². The van der Waals surface area contributed by atoms with Crippen LogP contribution in [0.1, 0.15) is 29.2 Å². The molecule has 2 aromatic rings. The predicted molar refractivity (Wildman–Crippen MR) is 90.7 cm³/mol. The molecule has 2 unspecified atom stereocenters. The molecule has 4 nitrogen and oxygen atoms in total. The summed E-state index contributed by atoms with van der Waals surface area (Å²) >= 11 is 0. The van der Waals surface area contributed by atoms with E-state index >= 15 is 0 Å². The summed E-state index contributed by atoms with van der Waals surface area (Å²) in [7, 11) is 0. The SMILES string of the molecule is Nc1ccc2c(c1)C(=CC1CCc3ccccc3C1O)C(=O)N2. The maximum absolute atomic E-state index is 12.3. The van der Waals surface area contributed by atoms with Crippen molar-refractivity contribution >= 4 is 22.9 Å². The standard InChI is InChI=1S/C19H18N2O2/c20-13-7-8-17-15(10-13)16(19(23)21-17)9-12-6-5-11-3-1-2-4-14(11)18(12)22/h1-4,7-10,12,18,22H,5-6,20H2,(H,21,23). The molecule has 0 saturated heterocycles. The van der Waals surface area contributed by atoms with Gasteiger partial charge in [-0.3, -0.25) is 4.79 Å². The molecule has 0 spiro atoms. The predicted octanol–water partition coefficient (Wildman–Crippen LogP) is 2.90. The Hall–Kier alpha value is -2.59. The molecular weight excluding hydrogens is 288 g/mol. The third kappa shape index (κ3) is 2.32. The minimum atomic E-state index is -0.578. The number of aliphatic hydroxyl groups excluding tert-OH is 1. The van der Waals surface area contributed by atoms with E-state index in [9.17, 15) is 9.90 Å². The summed E-state index contributed by atoms with van der Waals surface area (Å²) in [6.07, 6.45) is 3.06. The van der Waals surface area contributed by atoms with Crippen LogP contribution in [0, 0.1) is 5.92 Å². The lowest BCUT2D eigenvalue weighted by atomic mass is 9.80. The van der Waals surface area contributed by atoms with Gasteiger partial charge in [0.25, 0.3) is 5.91 Å². The van der Waals surface area contributed by atoms with E-state index in [0.29, 0.717) is 11.3 Å². The van der Waals surface area contributed by atoms with E-state index < -0.39 is 6.10 Å². The number of fused-ring (bicyclic) bond motifs is 2. The number of benzene rings is 2. The van der Waals surface area contributed by atoms with Gasteiger partial charge >= 0.3 is 0 Å². The summed E-state index contributed by atoms with van der Waals surface area (Å²) in [5, 5.41) is 13.5. The molecule has 0 bridgehead atoms. The molecule has 2 atom stereocenters. The van der Waals surface area contributed by atoms with Crippen molar-refractivity contribution in [2.75, 3.05) is 11.1 Å². The molecular formula is C19H18N2O2. The number of nitrogen functional groups attached to an aromatic ring is 1. The summed E-state index contributed by atoms with van der Waals surface area (Å²) in [5.41, 5.74) is 10.8. The van der Waals surface area contributed by atoms with Crippen molar-refractivity contribution in [1.82, 2.24) is 0 Å². The quantitative estimate of drug-likeness (QED) is 0.560. The first-order chi connectivity index (χ1) is 11.1. The highest BCUT2D eigenvalue weighted by molar-refractivity contribution is 6.31. The van der Waals surface area contributed by atoms with E-state index in [1.807, 2.05) is 36.4 Å². The molecule has 23 heavy (non-hydrogen) atoms. The molecule has 2 aliphatic rings. The van der Waals surface area contributed by atoms with Crippen molar-refractivity contribution in [3.8, 4) is 0 Å². The summed E-state index contributed by atoms with van der Waals surface area (Å²) in [4.78, 5) is 12.3. The highest BCUT2D eigenvalue weighted by Crippen LogP contribution is 2.39. The van der Waals surface area contributed by atoms with Gasteiger partial charge in [0.05, 0.1) is 6.10 Å². The highest BCUT2D eigenvalue weighted by Gasteiger charge is 2.30. The summed E-state index contributed by atoms with van der Waals surface area (Å²) < 4.78 is 0. The molecule has 2 aromatic carbocycles. The largest absolute Gasteiger partial charge is 0.399 e. The Morgan fingerprint density at radius 2 is 2.04 bits per heavy atom. The fourth-order valence-corrected chi connectivity index (χ4v) is 3.52. The average molecular weight is 306 g/mol. The first-order valence-corrected chi connectivity index (χ1v) is 7.82. The van der Waals surface area contributed by atoms with Gasteiger partial charge in [-0.2, -0.15) is 0 Å². The van der Waals surface area contributed by atoms with Crippen LogP contribution in [0.3, 0.4) is 0 Å². The molecule has 0 fully saturated rings. The first-order valence-electron chi connectivity index (χ1n) is 7.82. The first kappa shape index (κ1) is 14.0. The number of aryl methyl sites for hydroxylation is 1. The van der Waals surface area contributed by atoms with E-state index in [4.69, 9.17) is 5.73 Å². The smallest absolute Gasteiger partial charge is 0.256 e. The minimum absolute atomic E-state index is 0.0713. The van der Waals surface area contributed by atoms with Crippen LogP contribution in [0.5, 0.6) is 0 Å². The molecule has 0 radical (unpaired) electrons. The van der Waals surface area contributed by atoms with Crippen molar-refractivity contribution in [1.29, 1.82) is 0 Å². The Morgan fingerprint density at radius 3 is 2.91 bits per heavy atom. The third-order valence-corrected chi connectivity index (χ3v) is 4.73. The lowest BCUT2D eigenvalue weighted by Gasteiger charge is -2.28. The second-order valence-corrected chi connectivity index (χ2v) is 6.19.